The second-order valence-electron chi connectivity index (χ2n) is 7.34. The zero-order valence-electron chi connectivity index (χ0n) is 16.4. The average molecular weight is 416 g/mol. The summed E-state index contributed by atoms with van der Waals surface area (Å²) in [4.78, 5) is 24.6. The largest absolute Gasteiger partial charge is 0.326 e. The van der Waals surface area contributed by atoms with Crippen molar-refractivity contribution in [3.05, 3.63) is 54.1 Å². The van der Waals surface area contributed by atoms with Gasteiger partial charge in [0.2, 0.25) is 15.9 Å². The highest BCUT2D eigenvalue weighted by Crippen LogP contribution is 2.38. The molecule has 0 saturated heterocycles. The van der Waals surface area contributed by atoms with Crippen molar-refractivity contribution in [2.75, 3.05) is 21.1 Å². The Labute approximate surface area is 171 Å². The third kappa shape index (κ3) is 5.80. The van der Waals surface area contributed by atoms with E-state index in [1.807, 2.05) is 6.92 Å². The van der Waals surface area contributed by atoms with Gasteiger partial charge in [0.05, 0.1) is 5.75 Å². The van der Waals surface area contributed by atoms with Crippen molar-refractivity contribution in [2.24, 2.45) is 11.8 Å². The fourth-order valence-electron chi connectivity index (χ4n) is 2.98. The summed E-state index contributed by atoms with van der Waals surface area (Å²) in [7, 11) is -3.36. The molecule has 1 fully saturated rings. The number of benzene rings is 2. The third-order valence-corrected chi connectivity index (χ3v) is 6.22. The highest BCUT2D eigenvalue weighted by molar-refractivity contribution is 7.92. The minimum Gasteiger partial charge on any atom is -0.326 e. The molecule has 8 heteroatoms. The fraction of sp³-hybridized carbons (Fsp3) is 0.333. The number of amides is 2. The monoisotopic (exact) mass is 415 g/mol. The molecule has 2 amide bonds. The van der Waals surface area contributed by atoms with Gasteiger partial charge in [-0.1, -0.05) is 19.9 Å². The summed E-state index contributed by atoms with van der Waals surface area (Å²) in [5, 5.41) is 5.62. The number of anilines is 3. The van der Waals surface area contributed by atoms with Gasteiger partial charge >= 0.3 is 0 Å². The van der Waals surface area contributed by atoms with E-state index in [9.17, 15) is 18.0 Å². The van der Waals surface area contributed by atoms with Crippen LogP contribution in [0.4, 0.5) is 17.1 Å². The molecule has 2 atom stereocenters. The van der Waals surface area contributed by atoms with Gasteiger partial charge < -0.3 is 10.6 Å². The molecule has 29 heavy (non-hydrogen) atoms. The maximum atomic E-state index is 12.5. The smallest absolute Gasteiger partial charge is 0.255 e. The minimum absolute atomic E-state index is 0.0174. The lowest BCUT2D eigenvalue weighted by Crippen LogP contribution is -2.16. The Morgan fingerprint density at radius 2 is 1.66 bits per heavy atom. The molecule has 7 nitrogen and oxygen atoms in total. The van der Waals surface area contributed by atoms with Crippen LogP contribution in [0.5, 0.6) is 0 Å². The summed E-state index contributed by atoms with van der Waals surface area (Å²) in [5.41, 5.74) is 1.98. The van der Waals surface area contributed by atoms with E-state index < -0.39 is 10.0 Å². The lowest BCUT2D eigenvalue weighted by atomic mass is 10.1. The van der Waals surface area contributed by atoms with E-state index in [0.29, 0.717) is 35.0 Å². The van der Waals surface area contributed by atoms with E-state index in [2.05, 4.69) is 15.4 Å². The van der Waals surface area contributed by atoms with Crippen molar-refractivity contribution in [1.82, 2.24) is 0 Å². The molecule has 0 heterocycles. The molecule has 3 rings (SSSR count). The van der Waals surface area contributed by atoms with E-state index in [-0.39, 0.29) is 23.5 Å². The van der Waals surface area contributed by atoms with Crippen LogP contribution in [-0.4, -0.2) is 26.0 Å². The van der Waals surface area contributed by atoms with Gasteiger partial charge in [-0.15, -0.1) is 0 Å². The number of rotatable bonds is 8. The summed E-state index contributed by atoms with van der Waals surface area (Å²) >= 11 is 0. The molecule has 0 spiro atoms. The molecule has 1 aliphatic carbocycles. The van der Waals surface area contributed by atoms with E-state index in [0.717, 1.165) is 6.42 Å². The van der Waals surface area contributed by atoms with Crippen LogP contribution in [0.15, 0.2) is 48.5 Å². The number of hydrogen-bond donors (Lipinski definition) is 3. The molecule has 0 radical (unpaired) electrons. The number of hydrogen-bond acceptors (Lipinski definition) is 4. The van der Waals surface area contributed by atoms with Crippen LogP contribution in [0, 0.1) is 11.8 Å². The van der Waals surface area contributed by atoms with Gasteiger partial charge in [0.1, 0.15) is 0 Å². The molecule has 1 aliphatic rings. The maximum Gasteiger partial charge on any atom is 0.255 e. The second-order valence-corrected chi connectivity index (χ2v) is 9.18. The Hall–Kier alpha value is -2.87. The Morgan fingerprint density at radius 1 is 1.00 bits per heavy atom. The van der Waals surface area contributed by atoms with Gasteiger partial charge in [0, 0.05) is 28.5 Å². The first kappa shape index (κ1) is 20.9. The van der Waals surface area contributed by atoms with E-state index >= 15 is 0 Å². The van der Waals surface area contributed by atoms with Crippen LogP contribution in [0.25, 0.3) is 0 Å². The van der Waals surface area contributed by atoms with Gasteiger partial charge in [-0.25, -0.2) is 8.42 Å². The first-order valence-corrected chi connectivity index (χ1v) is 11.3. The van der Waals surface area contributed by atoms with Gasteiger partial charge in [-0.3, -0.25) is 14.3 Å². The van der Waals surface area contributed by atoms with Gasteiger partial charge in [0.25, 0.3) is 5.91 Å². The maximum absolute atomic E-state index is 12.5. The van der Waals surface area contributed by atoms with Crippen molar-refractivity contribution >= 4 is 38.9 Å². The highest BCUT2D eigenvalue weighted by Gasteiger charge is 2.39. The Kier molecular flexibility index (Phi) is 6.22. The highest BCUT2D eigenvalue weighted by atomic mass is 32.2. The first-order valence-electron chi connectivity index (χ1n) is 9.60. The number of nitrogens with one attached hydrogen (secondary N) is 3. The molecule has 1 saturated carbocycles. The van der Waals surface area contributed by atoms with Crippen molar-refractivity contribution in [2.45, 2.75) is 26.7 Å². The summed E-state index contributed by atoms with van der Waals surface area (Å²) < 4.78 is 26.1. The van der Waals surface area contributed by atoms with Gasteiger partial charge in [-0.05, 0) is 61.2 Å². The molecule has 0 aliphatic heterocycles. The van der Waals surface area contributed by atoms with E-state index in [4.69, 9.17) is 0 Å². The zero-order valence-corrected chi connectivity index (χ0v) is 17.3. The van der Waals surface area contributed by atoms with Crippen LogP contribution < -0.4 is 15.4 Å². The summed E-state index contributed by atoms with van der Waals surface area (Å²) in [6.07, 6.45) is 1.43. The summed E-state index contributed by atoms with van der Waals surface area (Å²) in [5.74, 6) is 0.186. The van der Waals surface area contributed by atoms with Gasteiger partial charge in [-0.2, -0.15) is 0 Å². The second kappa shape index (κ2) is 8.65. The predicted molar refractivity (Wildman–Crippen MR) is 114 cm³/mol. The van der Waals surface area contributed by atoms with Crippen molar-refractivity contribution in [3.8, 4) is 0 Å². The normalized spacial score (nSPS) is 18.0. The van der Waals surface area contributed by atoms with E-state index in [1.165, 1.54) is 0 Å². The number of carbonyl (C=O) groups excluding carboxylic acids is 2. The quantitative estimate of drug-likeness (QED) is 0.612. The van der Waals surface area contributed by atoms with Crippen LogP contribution >= 0.6 is 0 Å². The third-order valence-electron chi connectivity index (χ3n) is 4.73. The summed E-state index contributed by atoms with van der Waals surface area (Å²) in [6.45, 7) is 3.83. The predicted octanol–water partition coefficient (Wildman–Crippen LogP) is 3.69. The van der Waals surface area contributed by atoms with Crippen LogP contribution in [-0.2, 0) is 14.8 Å². The van der Waals surface area contributed by atoms with Crippen molar-refractivity contribution in [1.29, 1.82) is 0 Å². The lowest BCUT2D eigenvalue weighted by Gasteiger charge is -2.10. The Balaban J connectivity index is 1.61. The van der Waals surface area contributed by atoms with E-state index in [1.54, 1.807) is 55.5 Å². The lowest BCUT2D eigenvalue weighted by molar-refractivity contribution is -0.117. The molecule has 0 bridgehead atoms. The van der Waals surface area contributed by atoms with Crippen LogP contribution in [0.1, 0.15) is 37.0 Å². The zero-order chi connectivity index (χ0) is 21.0. The Bertz CT molecular complexity index is 1000. The van der Waals surface area contributed by atoms with Gasteiger partial charge in [0.15, 0.2) is 0 Å². The van der Waals surface area contributed by atoms with Crippen molar-refractivity contribution < 1.29 is 18.0 Å². The number of carbonyl (C=O) groups is 2. The Morgan fingerprint density at radius 3 is 2.28 bits per heavy atom. The molecule has 154 valence electrons. The number of sulfonamides is 1. The first-order chi connectivity index (χ1) is 13.8. The van der Waals surface area contributed by atoms with Crippen LogP contribution in [0.2, 0.25) is 0 Å². The molecule has 2 aromatic carbocycles. The standard InChI is InChI=1S/C21H25N3O4S/c1-3-11-29(27,28)24-17-9-7-16(8-10-17)22-20(25)15-5-4-6-18(13-15)23-21(26)19-12-14(19)2/h4-10,13-14,19,24H,3,11-12H2,1-2H3,(H,22,25)(H,23,26). The minimum atomic E-state index is -3.36. The molecule has 2 unspecified atom stereocenters. The topological polar surface area (TPSA) is 104 Å². The molecular formula is C21H25N3O4S. The molecule has 3 N–H and O–H groups in total. The molecule has 0 aromatic heterocycles. The molecular weight excluding hydrogens is 390 g/mol. The fourth-order valence-corrected chi connectivity index (χ4v) is 4.12. The molecule has 2 aromatic rings. The van der Waals surface area contributed by atoms with Crippen LogP contribution in [0.3, 0.4) is 0 Å². The SMILES string of the molecule is CCCS(=O)(=O)Nc1ccc(NC(=O)c2cccc(NC(=O)C3CC3C)c2)cc1. The van der Waals surface area contributed by atoms with Crippen molar-refractivity contribution in [3.63, 3.8) is 0 Å². The average Bonchev–Trinajstić information content (AvgIpc) is 3.40. The summed E-state index contributed by atoms with van der Waals surface area (Å²) in [6, 6.07) is 13.2.